The van der Waals surface area contributed by atoms with Gasteiger partial charge in [0.2, 0.25) is 11.5 Å². The van der Waals surface area contributed by atoms with E-state index in [0.29, 0.717) is 11.3 Å². The van der Waals surface area contributed by atoms with E-state index in [9.17, 15) is 9.59 Å². The molecule has 0 bridgehead atoms. The van der Waals surface area contributed by atoms with Crippen molar-refractivity contribution in [2.75, 3.05) is 0 Å². The topological polar surface area (TPSA) is 71.7 Å². The fourth-order valence-corrected chi connectivity index (χ4v) is 2.69. The van der Waals surface area contributed by atoms with E-state index in [1.165, 1.54) is 6.92 Å². The van der Waals surface area contributed by atoms with Crippen molar-refractivity contribution in [1.29, 1.82) is 0 Å². The first-order valence-corrected chi connectivity index (χ1v) is 8.38. The van der Waals surface area contributed by atoms with Crippen LogP contribution in [0.15, 0.2) is 62.4 Å². The standard InChI is InChI=1S/C19H15BrN2O3/c1-11-3-6-15(7-4-11)22-19-16(18(24)21-12(2)23)10-13-9-14(20)5-8-17(13)25-19/h3-10H,1-2H3,(H,21,23,24). The van der Waals surface area contributed by atoms with E-state index in [0.717, 1.165) is 15.4 Å². The molecule has 0 aliphatic heterocycles. The molecular formula is C19H15BrN2O3. The van der Waals surface area contributed by atoms with Crippen molar-refractivity contribution in [2.45, 2.75) is 13.8 Å². The van der Waals surface area contributed by atoms with Gasteiger partial charge in [-0.25, -0.2) is 4.99 Å². The number of amides is 2. The van der Waals surface area contributed by atoms with Crippen LogP contribution in [0.25, 0.3) is 11.0 Å². The first-order chi connectivity index (χ1) is 11.9. The van der Waals surface area contributed by atoms with E-state index >= 15 is 0 Å². The van der Waals surface area contributed by atoms with E-state index in [-0.39, 0.29) is 11.1 Å². The highest BCUT2D eigenvalue weighted by molar-refractivity contribution is 9.10. The van der Waals surface area contributed by atoms with Gasteiger partial charge in [-0.2, -0.15) is 0 Å². The highest BCUT2D eigenvalue weighted by atomic mass is 79.9. The Labute approximate surface area is 152 Å². The van der Waals surface area contributed by atoms with Gasteiger partial charge in [0, 0.05) is 16.8 Å². The van der Waals surface area contributed by atoms with Crippen LogP contribution in [0, 0.1) is 6.92 Å². The van der Waals surface area contributed by atoms with E-state index in [2.05, 4.69) is 26.2 Å². The number of hydrogen-bond acceptors (Lipinski definition) is 4. The minimum Gasteiger partial charge on any atom is -0.438 e. The molecule has 2 amide bonds. The molecule has 0 spiro atoms. The number of carbonyl (C=O) groups is 2. The van der Waals surface area contributed by atoms with Crippen LogP contribution in [0.3, 0.4) is 0 Å². The third-order valence-corrected chi connectivity index (χ3v) is 4.00. The monoisotopic (exact) mass is 398 g/mol. The second-order valence-electron chi connectivity index (χ2n) is 5.61. The SMILES string of the molecule is CC(=O)NC(=O)c1cc2cc(Br)ccc2oc1=Nc1ccc(C)cc1. The molecule has 3 rings (SSSR count). The number of nitrogens with zero attached hydrogens (tertiary/aromatic N) is 1. The Bertz CT molecular complexity index is 1040. The van der Waals surface area contributed by atoms with Gasteiger partial charge in [-0.15, -0.1) is 0 Å². The fourth-order valence-electron chi connectivity index (χ4n) is 2.31. The molecule has 1 heterocycles. The number of benzene rings is 2. The van der Waals surface area contributed by atoms with Crippen LogP contribution in [0.2, 0.25) is 0 Å². The van der Waals surface area contributed by atoms with Crippen molar-refractivity contribution in [3.63, 3.8) is 0 Å². The van der Waals surface area contributed by atoms with Gasteiger partial charge in [0.1, 0.15) is 11.1 Å². The Morgan fingerprint density at radius 3 is 2.48 bits per heavy atom. The van der Waals surface area contributed by atoms with Gasteiger partial charge in [0.05, 0.1) is 5.69 Å². The summed E-state index contributed by atoms with van der Waals surface area (Å²) in [6.07, 6.45) is 0. The first-order valence-electron chi connectivity index (χ1n) is 7.59. The maximum atomic E-state index is 12.4. The smallest absolute Gasteiger partial charge is 0.263 e. The molecule has 5 nitrogen and oxygen atoms in total. The summed E-state index contributed by atoms with van der Waals surface area (Å²) in [4.78, 5) is 28.1. The van der Waals surface area contributed by atoms with Gasteiger partial charge in [-0.05, 0) is 43.3 Å². The Balaban J connectivity index is 2.23. The predicted octanol–water partition coefficient (Wildman–Crippen LogP) is 4.01. The summed E-state index contributed by atoms with van der Waals surface area (Å²) >= 11 is 3.39. The summed E-state index contributed by atoms with van der Waals surface area (Å²) in [7, 11) is 0. The normalized spacial score (nSPS) is 11.6. The van der Waals surface area contributed by atoms with E-state index < -0.39 is 11.8 Å². The van der Waals surface area contributed by atoms with E-state index in [4.69, 9.17) is 4.42 Å². The van der Waals surface area contributed by atoms with Crippen LogP contribution < -0.4 is 10.9 Å². The molecule has 0 saturated carbocycles. The molecule has 0 aliphatic rings. The Morgan fingerprint density at radius 1 is 1.08 bits per heavy atom. The summed E-state index contributed by atoms with van der Waals surface area (Å²) in [5, 5.41) is 2.99. The maximum Gasteiger partial charge on any atom is 0.263 e. The van der Waals surface area contributed by atoms with Gasteiger partial charge in [0.15, 0.2) is 0 Å². The number of hydrogen-bond donors (Lipinski definition) is 1. The van der Waals surface area contributed by atoms with Crippen molar-refractivity contribution >= 4 is 44.4 Å². The summed E-state index contributed by atoms with van der Waals surface area (Å²) < 4.78 is 6.68. The third-order valence-electron chi connectivity index (χ3n) is 3.51. The number of aryl methyl sites for hydroxylation is 1. The van der Waals surface area contributed by atoms with Gasteiger partial charge in [0.25, 0.3) is 5.91 Å². The van der Waals surface area contributed by atoms with Crippen LogP contribution in [0.5, 0.6) is 0 Å². The zero-order valence-corrected chi connectivity index (χ0v) is 15.3. The molecule has 0 aliphatic carbocycles. The fraction of sp³-hybridized carbons (Fsp3) is 0.105. The van der Waals surface area contributed by atoms with Crippen molar-refractivity contribution in [3.8, 4) is 0 Å². The van der Waals surface area contributed by atoms with E-state index in [1.807, 2.05) is 43.3 Å². The molecule has 0 saturated heterocycles. The largest absolute Gasteiger partial charge is 0.438 e. The number of halogens is 1. The van der Waals surface area contributed by atoms with Crippen LogP contribution >= 0.6 is 15.9 Å². The average molecular weight is 399 g/mol. The average Bonchev–Trinajstić information content (AvgIpc) is 2.56. The van der Waals surface area contributed by atoms with Gasteiger partial charge >= 0.3 is 0 Å². The predicted molar refractivity (Wildman–Crippen MR) is 98.5 cm³/mol. The highest BCUT2D eigenvalue weighted by Crippen LogP contribution is 2.20. The second kappa shape index (κ2) is 7.03. The van der Waals surface area contributed by atoms with Crippen molar-refractivity contribution in [2.24, 2.45) is 4.99 Å². The van der Waals surface area contributed by atoms with Crippen molar-refractivity contribution < 1.29 is 14.0 Å². The molecule has 0 unspecified atom stereocenters. The van der Waals surface area contributed by atoms with Crippen molar-refractivity contribution in [1.82, 2.24) is 5.32 Å². The summed E-state index contributed by atoms with van der Waals surface area (Å²) in [5.74, 6) is -0.996. The molecule has 0 atom stereocenters. The Kier molecular flexibility index (Phi) is 4.81. The molecule has 6 heteroatoms. The maximum absolute atomic E-state index is 12.4. The number of rotatable bonds is 2. The number of nitrogens with one attached hydrogen (secondary N) is 1. The van der Waals surface area contributed by atoms with Gasteiger partial charge < -0.3 is 4.42 Å². The number of carbonyl (C=O) groups excluding carboxylic acids is 2. The minimum absolute atomic E-state index is 0.150. The molecule has 25 heavy (non-hydrogen) atoms. The number of imide groups is 1. The lowest BCUT2D eigenvalue weighted by atomic mass is 10.1. The van der Waals surface area contributed by atoms with Crippen LogP contribution in [0.1, 0.15) is 22.8 Å². The highest BCUT2D eigenvalue weighted by Gasteiger charge is 2.14. The Hall–Kier alpha value is -2.73. The molecular weight excluding hydrogens is 384 g/mol. The zero-order valence-electron chi connectivity index (χ0n) is 13.7. The summed E-state index contributed by atoms with van der Waals surface area (Å²) in [6, 6.07) is 14.6. The van der Waals surface area contributed by atoms with Crippen LogP contribution in [0.4, 0.5) is 5.69 Å². The van der Waals surface area contributed by atoms with Crippen LogP contribution in [-0.4, -0.2) is 11.8 Å². The molecule has 1 N–H and O–H groups in total. The minimum atomic E-state index is -0.552. The number of fused-ring (bicyclic) bond motifs is 1. The first kappa shape index (κ1) is 17.1. The lowest BCUT2D eigenvalue weighted by molar-refractivity contribution is -0.118. The molecule has 3 aromatic rings. The second-order valence-corrected chi connectivity index (χ2v) is 6.52. The third kappa shape index (κ3) is 4.03. The summed E-state index contributed by atoms with van der Waals surface area (Å²) in [5.41, 5.74) is 2.70. The van der Waals surface area contributed by atoms with E-state index in [1.54, 1.807) is 12.1 Å². The Morgan fingerprint density at radius 2 is 1.80 bits per heavy atom. The van der Waals surface area contributed by atoms with Gasteiger partial charge in [-0.3, -0.25) is 14.9 Å². The molecule has 2 aromatic carbocycles. The molecule has 0 radical (unpaired) electrons. The molecule has 0 fully saturated rings. The molecule has 126 valence electrons. The van der Waals surface area contributed by atoms with Crippen molar-refractivity contribution in [3.05, 3.63) is 69.7 Å². The van der Waals surface area contributed by atoms with Crippen LogP contribution in [-0.2, 0) is 4.79 Å². The van der Waals surface area contributed by atoms with Gasteiger partial charge in [-0.1, -0.05) is 33.6 Å². The zero-order chi connectivity index (χ0) is 18.0. The molecule has 1 aromatic heterocycles. The summed E-state index contributed by atoms with van der Waals surface area (Å²) in [6.45, 7) is 3.26. The lowest BCUT2D eigenvalue weighted by Gasteiger charge is -2.05. The lowest BCUT2D eigenvalue weighted by Crippen LogP contribution is -2.32. The quantitative estimate of drug-likeness (QED) is 0.708.